The molecule has 1 N–H and O–H groups in total. The number of hydrogen-bond donors (Lipinski definition) is 1. The van der Waals surface area contributed by atoms with Gasteiger partial charge in [-0.1, -0.05) is 12.1 Å². The van der Waals surface area contributed by atoms with Crippen molar-refractivity contribution in [3.63, 3.8) is 0 Å². The molecule has 0 aliphatic rings. The second-order valence-corrected chi connectivity index (χ2v) is 4.15. The van der Waals surface area contributed by atoms with E-state index in [0.717, 1.165) is 5.56 Å². The number of benzene rings is 1. The molecule has 0 saturated carbocycles. The van der Waals surface area contributed by atoms with Gasteiger partial charge in [0.1, 0.15) is 5.75 Å². The highest BCUT2D eigenvalue weighted by Crippen LogP contribution is 2.27. The standard InChI is InChI=1S/C15H14N2O2/c1-11(18)14-3-2-10-17-15(14)19-13-6-4-12(5-7-13)8-9-16/h2-7,10-11,18H,8H2,1H3/t11-/m1/s1. The second kappa shape index (κ2) is 5.98. The summed E-state index contributed by atoms with van der Waals surface area (Å²) in [5.74, 6) is 1.02. The Morgan fingerprint density at radius 3 is 2.68 bits per heavy atom. The van der Waals surface area contributed by atoms with E-state index in [0.29, 0.717) is 23.6 Å². The fraction of sp³-hybridized carbons (Fsp3) is 0.200. The quantitative estimate of drug-likeness (QED) is 0.910. The van der Waals surface area contributed by atoms with E-state index in [9.17, 15) is 5.11 Å². The van der Waals surface area contributed by atoms with Crippen LogP contribution in [0.25, 0.3) is 0 Å². The van der Waals surface area contributed by atoms with Gasteiger partial charge < -0.3 is 9.84 Å². The Morgan fingerprint density at radius 2 is 2.05 bits per heavy atom. The van der Waals surface area contributed by atoms with Crippen molar-refractivity contribution in [3.8, 4) is 17.7 Å². The Kier molecular flexibility index (Phi) is 4.11. The van der Waals surface area contributed by atoms with Crippen molar-refractivity contribution in [2.45, 2.75) is 19.4 Å². The summed E-state index contributed by atoms with van der Waals surface area (Å²) < 4.78 is 5.65. The minimum atomic E-state index is -0.637. The fourth-order valence-corrected chi connectivity index (χ4v) is 1.68. The number of aliphatic hydroxyl groups is 1. The van der Waals surface area contributed by atoms with E-state index in [2.05, 4.69) is 11.1 Å². The molecule has 4 heteroatoms. The maximum atomic E-state index is 9.64. The Hall–Kier alpha value is -2.38. The van der Waals surface area contributed by atoms with Gasteiger partial charge in [-0.3, -0.25) is 0 Å². The van der Waals surface area contributed by atoms with Gasteiger partial charge >= 0.3 is 0 Å². The molecule has 4 nitrogen and oxygen atoms in total. The van der Waals surface area contributed by atoms with Crippen LogP contribution in [0, 0.1) is 11.3 Å². The highest BCUT2D eigenvalue weighted by molar-refractivity contribution is 5.35. The van der Waals surface area contributed by atoms with Crippen molar-refractivity contribution in [1.82, 2.24) is 4.98 Å². The zero-order valence-electron chi connectivity index (χ0n) is 10.6. The number of ether oxygens (including phenoxy) is 1. The summed E-state index contributed by atoms with van der Waals surface area (Å²) in [5, 5.41) is 18.2. The average molecular weight is 254 g/mol. The third-order valence-corrected chi connectivity index (χ3v) is 2.67. The Bertz CT molecular complexity index is 586. The predicted molar refractivity (Wildman–Crippen MR) is 70.7 cm³/mol. The van der Waals surface area contributed by atoms with Crippen LogP contribution in [0.15, 0.2) is 42.6 Å². The van der Waals surface area contributed by atoms with Gasteiger partial charge in [0, 0.05) is 11.8 Å². The van der Waals surface area contributed by atoms with Crippen molar-refractivity contribution < 1.29 is 9.84 Å². The van der Waals surface area contributed by atoms with Gasteiger partial charge in [-0.05, 0) is 36.8 Å². The molecule has 1 atom stereocenters. The number of aliphatic hydroxyl groups excluding tert-OH is 1. The predicted octanol–water partition coefficient (Wildman–Crippen LogP) is 2.99. The van der Waals surface area contributed by atoms with Crippen LogP contribution in [0.2, 0.25) is 0 Å². The van der Waals surface area contributed by atoms with E-state index in [1.54, 1.807) is 37.4 Å². The van der Waals surface area contributed by atoms with E-state index in [1.807, 2.05) is 12.1 Å². The molecule has 0 aliphatic heterocycles. The number of pyridine rings is 1. The lowest BCUT2D eigenvalue weighted by atomic mass is 10.1. The molecule has 0 bridgehead atoms. The molecule has 0 radical (unpaired) electrons. The molecule has 96 valence electrons. The number of nitrogens with zero attached hydrogens (tertiary/aromatic N) is 2. The van der Waals surface area contributed by atoms with Crippen molar-refractivity contribution in [1.29, 1.82) is 5.26 Å². The third kappa shape index (κ3) is 3.30. The SMILES string of the molecule is C[C@@H](O)c1cccnc1Oc1ccc(CC#N)cc1. The molecule has 19 heavy (non-hydrogen) atoms. The highest BCUT2D eigenvalue weighted by Gasteiger charge is 2.10. The molecule has 1 heterocycles. The first-order chi connectivity index (χ1) is 9.20. The smallest absolute Gasteiger partial charge is 0.225 e. The number of hydrogen-bond acceptors (Lipinski definition) is 4. The average Bonchev–Trinajstić information content (AvgIpc) is 2.42. The molecular weight excluding hydrogens is 240 g/mol. The van der Waals surface area contributed by atoms with Crippen LogP contribution in [0.5, 0.6) is 11.6 Å². The number of nitriles is 1. The van der Waals surface area contributed by atoms with Crippen LogP contribution in [-0.2, 0) is 6.42 Å². The first-order valence-electron chi connectivity index (χ1n) is 5.97. The van der Waals surface area contributed by atoms with Crippen LogP contribution in [0.3, 0.4) is 0 Å². The minimum absolute atomic E-state index is 0.378. The molecule has 2 rings (SSSR count). The van der Waals surface area contributed by atoms with Gasteiger partial charge in [0.05, 0.1) is 18.6 Å². The monoisotopic (exact) mass is 254 g/mol. The second-order valence-electron chi connectivity index (χ2n) is 4.15. The molecule has 0 unspecified atom stereocenters. The zero-order chi connectivity index (χ0) is 13.7. The van der Waals surface area contributed by atoms with Gasteiger partial charge in [-0.15, -0.1) is 0 Å². The lowest BCUT2D eigenvalue weighted by Gasteiger charge is -2.11. The minimum Gasteiger partial charge on any atom is -0.439 e. The van der Waals surface area contributed by atoms with Gasteiger partial charge in [0.25, 0.3) is 0 Å². The Balaban J connectivity index is 2.19. The molecule has 0 spiro atoms. The largest absolute Gasteiger partial charge is 0.439 e. The van der Waals surface area contributed by atoms with Crippen molar-refractivity contribution in [2.24, 2.45) is 0 Å². The van der Waals surface area contributed by atoms with Crippen LogP contribution >= 0.6 is 0 Å². The van der Waals surface area contributed by atoms with Crippen LogP contribution < -0.4 is 4.74 Å². The molecule has 2 aromatic rings. The van der Waals surface area contributed by atoms with Gasteiger partial charge in [-0.2, -0.15) is 5.26 Å². The lowest BCUT2D eigenvalue weighted by Crippen LogP contribution is -1.98. The molecule has 0 fully saturated rings. The van der Waals surface area contributed by atoms with Crippen molar-refractivity contribution in [3.05, 3.63) is 53.7 Å². The Morgan fingerprint density at radius 1 is 1.32 bits per heavy atom. The topological polar surface area (TPSA) is 66.1 Å². The summed E-state index contributed by atoms with van der Waals surface area (Å²) in [5.41, 5.74) is 1.58. The Labute approximate surface area is 111 Å². The zero-order valence-corrected chi connectivity index (χ0v) is 10.6. The maximum Gasteiger partial charge on any atom is 0.225 e. The molecular formula is C15H14N2O2. The van der Waals surface area contributed by atoms with Crippen LogP contribution in [0.1, 0.15) is 24.2 Å². The molecule has 0 amide bonds. The van der Waals surface area contributed by atoms with Crippen LogP contribution in [0.4, 0.5) is 0 Å². The van der Waals surface area contributed by atoms with Crippen molar-refractivity contribution >= 4 is 0 Å². The third-order valence-electron chi connectivity index (χ3n) is 2.67. The number of aromatic nitrogens is 1. The molecule has 0 aliphatic carbocycles. The van der Waals surface area contributed by atoms with E-state index < -0.39 is 6.10 Å². The summed E-state index contributed by atoms with van der Waals surface area (Å²) in [4.78, 5) is 4.12. The normalized spacial score (nSPS) is 11.6. The molecule has 1 aromatic heterocycles. The maximum absolute atomic E-state index is 9.64. The van der Waals surface area contributed by atoms with Crippen LogP contribution in [-0.4, -0.2) is 10.1 Å². The summed E-state index contributed by atoms with van der Waals surface area (Å²) in [6.45, 7) is 1.67. The lowest BCUT2D eigenvalue weighted by molar-refractivity contribution is 0.194. The van der Waals surface area contributed by atoms with E-state index in [1.165, 1.54) is 0 Å². The molecule has 1 aromatic carbocycles. The summed E-state index contributed by atoms with van der Waals surface area (Å²) in [6, 6.07) is 12.9. The van der Waals surface area contributed by atoms with Gasteiger partial charge in [0.2, 0.25) is 5.88 Å². The van der Waals surface area contributed by atoms with Gasteiger partial charge in [0.15, 0.2) is 0 Å². The first-order valence-corrected chi connectivity index (χ1v) is 5.97. The van der Waals surface area contributed by atoms with E-state index >= 15 is 0 Å². The summed E-state index contributed by atoms with van der Waals surface area (Å²) >= 11 is 0. The summed E-state index contributed by atoms with van der Waals surface area (Å²) in [7, 11) is 0. The first kappa shape index (κ1) is 13.1. The number of rotatable bonds is 4. The molecule has 0 saturated heterocycles. The van der Waals surface area contributed by atoms with E-state index in [-0.39, 0.29) is 0 Å². The van der Waals surface area contributed by atoms with Crippen molar-refractivity contribution in [2.75, 3.05) is 0 Å². The highest BCUT2D eigenvalue weighted by atomic mass is 16.5. The van der Waals surface area contributed by atoms with Gasteiger partial charge in [-0.25, -0.2) is 4.98 Å². The summed E-state index contributed by atoms with van der Waals surface area (Å²) in [6.07, 6.45) is 1.36. The fourth-order valence-electron chi connectivity index (χ4n) is 1.68. The van der Waals surface area contributed by atoms with E-state index in [4.69, 9.17) is 10.00 Å².